The van der Waals surface area contributed by atoms with Gasteiger partial charge >= 0.3 is 5.97 Å². The highest BCUT2D eigenvalue weighted by molar-refractivity contribution is 6.31. The SMILES string of the molecule is CC(=O)OCc1c(Cl)cccc1CNC(=O)c1cn(-c2nc(N[C@H]3CCOC3)ncc2C)cn1. The summed E-state index contributed by atoms with van der Waals surface area (Å²) in [6, 6.07) is 5.48. The lowest BCUT2D eigenvalue weighted by molar-refractivity contribution is -0.142. The van der Waals surface area contributed by atoms with E-state index in [4.69, 9.17) is 21.1 Å². The van der Waals surface area contributed by atoms with E-state index in [0.29, 0.717) is 29.0 Å². The fourth-order valence-electron chi connectivity index (χ4n) is 3.52. The van der Waals surface area contributed by atoms with Crippen molar-refractivity contribution in [1.29, 1.82) is 0 Å². The zero-order valence-electron chi connectivity index (χ0n) is 18.9. The second-order valence-electron chi connectivity index (χ2n) is 7.91. The fraction of sp³-hybridized carbons (Fsp3) is 0.348. The van der Waals surface area contributed by atoms with Gasteiger partial charge in [0.25, 0.3) is 5.91 Å². The van der Waals surface area contributed by atoms with Crippen molar-refractivity contribution in [2.24, 2.45) is 0 Å². The molecule has 0 saturated carbocycles. The Morgan fingerprint density at radius 3 is 2.94 bits per heavy atom. The summed E-state index contributed by atoms with van der Waals surface area (Å²) in [4.78, 5) is 37.1. The Kier molecular flexibility index (Phi) is 7.39. The Labute approximate surface area is 201 Å². The van der Waals surface area contributed by atoms with E-state index < -0.39 is 5.97 Å². The molecule has 0 aliphatic carbocycles. The number of benzene rings is 1. The van der Waals surface area contributed by atoms with Gasteiger partial charge in [-0.15, -0.1) is 0 Å². The molecule has 11 heteroatoms. The number of anilines is 1. The Morgan fingerprint density at radius 2 is 2.18 bits per heavy atom. The predicted molar refractivity (Wildman–Crippen MR) is 125 cm³/mol. The predicted octanol–water partition coefficient (Wildman–Crippen LogP) is 2.82. The third kappa shape index (κ3) is 5.70. The molecule has 1 aromatic carbocycles. The zero-order valence-corrected chi connectivity index (χ0v) is 19.6. The van der Waals surface area contributed by atoms with Crippen LogP contribution in [0.2, 0.25) is 5.02 Å². The summed E-state index contributed by atoms with van der Waals surface area (Å²) < 4.78 is 12.2. The summed E-state index contributed by atoms with van der Waals surface area (Å²) in [6.45, 7) is 4.80. The third-order valence-corrected chi connectivity index (χ3v) is 5.70. The smallest absolute Gasteiger partial charge is 0.302 e. The van der Waals surface area contributed by atoms with Crippen LogP contribution >= 0.6 is 11.6 Å². The maximum absolute atomic E-state index is 12.7. The van der Waals surface area contributed by atoms with Crippen molar-refractivity contribution in [3.05, 3.63) is 64.3 Å². The number of aryl methyl sites for hydroxylation is 1. The summed E-state index contributed by atoms with van der Waals surface area (Å²) in [7, 11) is 0. The zero-order chi connectivity index (χ0) is 24.1. The van der Waals surface area contributed by atoms with Gasteiger partial charge in [-0.1, -0.05) is 23.7 Å². The van der Waals surface area contributed by atoms with E-state index >= 15 is 0 Å². The summed E-state index contributed by atoms with van der Waals surface area (Å²) >= 11 is 6.25. The number of esters is 1. The minimum Gasteiger partial charge on any atom is -0.461 e. The number of aromatic nitrogens is 4. The average Bonchev–Trinajstić information content (AvgIpc) is 3.50. The number of imidazole rings is 1. The van der Waals surface area contributed by atoms with Crippen molar-refractivity contribution in [2.45, 2.75) is 39.5 Å². The average molecular weight is 485 g/mol. The normalized spacial score (nSPS) is 15.2. The number of amides is 1. The largest absolute Gasteiger partial charge is 0.461 e. The second kappa shape index (κ2) is 10.6. The van der Waals surface area contributed by atoms with E-state index in [2.05, 4.69) is 25.6 Å². The molecule has 1 fully saturated rings. The van der Waals surface area contributed by atoms with Crippen LogP contribution in [0, 0.1) is 6.92 Å². The summed E-state index contributed by atoms with van der Waals surface area (Å²) in [5.74, 6) is 0.360. The number of nitrogens with one attached hydrogen (secondary N) is 2. The number of rotatable bonds is 8. The van der Waals surface area contributed by atoms with Crippen LogP contribution in [0.5, 0.6) is 0 Å². The van der Waals surface area contributed by atoms with Gasteiger partial charge < -0.3 is 20.1 Å². The Morgan fingerprint density at radius 1 is 1.32 bits per heavy atom. The molecule has 1 amide bonds. The van der Waals surface area contributed by atoms with Crippen LogP contribution in [0.1, 0.15) is 40.5 Å². The van der Waals surface area contributed by atoms with Crippen molar-refractivity contribution < 1.29 is 19.1 Å². The van der Waals surface area contributed by atoms with Crippen LogP contribution < -0.4 is 10.6 Å². The van der Waals surface area contributed by atoms with Crippen molar-refractivity contribution in [3.63, 3.8) is 0 Å². The number of halogens is 1. The van der Waals surface area contributed by atoms with Gasteiger partial charge in [0, 0.05) is 48.6 Å². The molecule has 2 N–H and O–H groups in total. The monoisotopic (exact) mass is 484 g/mol. The van der Waals surface area contributed by atoms with E-state index in [1.807, 2.05) is 13.0 Å². The Hall–Kier alpha value is -3.50. The van der Waals surface area contributed by atoms with Crippen LogP contribution in [-0.4, -0.2) is 50.7 Å². The Balaban J connectivity index is 1.44. The fourth-order valence-corrected chi connectivity index (χ4v) is 3.77. The van der Waals surface area contributed by atoms with Gasteiger partial charge in [-0.3, -0.25) is 14.2 Å². The molecule has 178 valence electrons. The molecule has 1 aliphatic rings. The summed E-state index contributed by atoms with van der Waals surface area (Å²) in [5, 5.41) is 6.57. The highest BCUT2D eigenvalue weighted by Gasteiger charge is 2.18. The molecule has 34 heavy (non-hydrogen) atoms. The lowest BCUT2D eigenvalue weighted by Gasteiger charge is -2.13. The standard InChI is InChI=1S/C23H25ClN6O4/c1-14-8-26-23(28-17-6-7-33-11-17)29-21(14)30-10-20(27-13-30)22(32)25-9-16-4-3-5-19(24)18(16)12-34-15(2)31/h3-5,8,10,13,17H,6-7,9,11-12H2,1-2H3,(H,25,32)(H,26,28,29)/t17-/m0/s1. The molecule has 1 saturated heterocycles. The lowest BCUT2D eigenvalue weighted by Crippen LogP contribution is -2.24. The lowest BCUT2D eigenvalue weighted by atomic mass is 10.1. The van der Waals surface area contributed by atoms with Gasteiger partial charge in [0.05, 0.1) is 12.6 Å². The summed E-state index contributed by atoms with van der Waals surface area (Å²) in [6.07, 6.45) is 5.78. The van der Waals surface area contributed by atoms with Gasteiger partial charge in [0.15, 0.2) is 0 Å². The number of carbonyl (C=O) groups excluding carboxylic acids is 2. The van der Waals surface area contributed by atoms with Crippen LogP contribution in [0.3, 0.4) is 0 Å². The van der Waals surface area contributed by atoms with Crippen molar-refractivity contribution in [3.8, 4) is 5.82 Å². The van der Waals surface area contributed by atoms with E-state index in [1.54, 1.807) is 29.1 Å². The highest BCUT2D eigenvalue weighted by Crippen LogP contribution is 2.21. The molecule has 0 unspecified atom stereocenters. The van der Waals surface area contributed by atoms with Gasteiger partial charge in [0.1, 0.15) is 24.4 Å². The molecular weight excluding hydrogens is 460 g/mol. The number of hydrogen-bond acceptors (Lipinski definition) is 8. The molecule has 4 rings (SSSR count). The first-order valence-electron chi connectivity index (χ1n) is 10.8. The molecule has 0 bridgehead atoms. The minimum atomic E-state index is -0.407. The molecule has 3 aromatic rings. The maximum Gasteiger partial charge on any atom is 0.302 e. The molecule has 0 radical (unpaired) electrons. The molecule has 10 nitrogen and oxygen atoms in total. The molecule has 1 aliphatic heterocycles. The van der Waals surface area contributed by atoms with E-state index in [-0.39, 0.29) is 30.8 Å². The topological polar surface area (TPSA) is 120 Å². The molecular formula is C23H25ClN6O4. The van der Waals surface area contributed by atoms with Crippen LogP contribution in [0.4, 0.5) is 5.95 Å². The van der Waals surface area contributed by atoms with Crippen LogP contribution in [-0.2, 0) is 27.4 Å². The van der Waals surface area contributed by atoms with Crippen LogP contribution in [0.25, 0.3) is 5.82 Å². The molecule has 1 atom stereocenters. The van der Waals surface area contributed by atoms with Gasteiger partial charge in [-0.25, -0.2) is 9.97 Å². The van der Waals surface area contributed by atoms with Crippen molar-refractivity contribution in [1.82, 2.24) is 24.8 Å². The van der Waals surface area contributed by atoms with E-state index in [0.717, 1.165) is 24.2 Å². The highest BCUT2D eigenvalue weighted by atomic mass is 35.5. The van der Waals surface area contributed by atoms with Crippen LogP contribution in [0.15, 0.2) is 36.9 Å². The molecule has 3 heterocycles. The Bertz CT molecular complexity index is 1190. The quantitative estimate of drug-likeness (QED) is 0.468. The first-order chi connectivity index (χ1) is 16.4. The van der Waals surface area contributed by atoms with Crippen molar-refractivity contribution >= 4 is 29.4 Å². The number of ether oxygens (including phenoxy) is 2. The number of hydrogen-bond donors (Lipinski definition) is 2. The first-order valence-corrected chi connectivity index (χ1v) is 11.2. The molecule has 0 spiro atoms. The second-order valence-corrected chi connectivity index (χ2v) is 8.32. The van der Waals surface area contributed by atoms with Gasteiger partial charge in [-0.2, -0.15) is 4.98 Å². The first kappa shape index (κ1) is 23.7. The van der Waals surface area contributed by atoms with Gasteiger partial charge in [0.2, 0.25) is 5.95 Å². The maximum atomic E-state index is 12.7. The third-order valence-electron chi connectivity index (χ3n) is 5.34. The van der Waals surface area contributed by atoms with Crippen molar-refractivity contribution in [2.75, 3.05) is 18.5 Å². The number of nitrogens with zero attached hydrogens (tertiary/aromatic N) is 4. The van der Waals surface area contributed by atoms with E-state index in [9.17, 15) is 9.59 Å². The number of carbonyl (C=O) groups is 2. The molecule has 2 aromatic heterocycles. The summed E-state index contributed by atoms with van der Waals surface area (Å²) in [5.41, 5.74) is 2.47. The van der Waals surface area contributed by atoms with E-state index in [1.165, 1.54) is 13.3 Å². The van der Waals surface area contributed by atoms with Gasteiger partial charge in [-0.05, 0) is 25.0 Å². The minimum absolute atomic E-state index is 0.0329.